The Balaban J connectivity index is 1.24. The van der Waals surface area contributed by atoms with Crippen molar-refractivity contribution in [2.24, 2.45) is 0 Å². The Labute approximate surface area is 213 Å². The lowest BCUT2D eigenvalue weighted by molar-refractivity contribution is -0.0237. The van der Waals surface area contributed by atoms with E-state index in [-0.39, 0.29) is 5.91 Å². The number of benzene rings is 2. The largest absolute Gasteiger partial charge is 0.451 e. The number of likely N-dealkylation sites (tertiary alicyclic amines) is 1. The van der Waals surface area contributed by atoms with Gasteiger partial charge in [-0.15, -0.1) is 0 Å². The van der Waals surface area contributed by atoms with E-state index in [9.17, 15) is 9.90 Å². The molecule has 0 aliphatic carbocycles. The molecule has 5 rings (SSSR count). The van der Waals surface area contributed by atoms with Crippen molar-refractivity contribution in [3.63, 3.8) is 0 Å². The number of piperidine rings is 1. The van der Waals surface area contributed by atoms with Gasteiger partial charge >= 0.3 is 0 Å². The van der Waals surface area contributed by atoms with Crippen molar-refractivity contribution in [3.05, 3.63) is 77.1 Å². The number of hydrogen-bond acceptors (Lipinski definition) is 5. The third kappa shape index (κ3) is 5.56. The van der Waals surface area contributed by atoms with E-state index < -0.39 is 5.60 Å². The zero-order chi connectivity index (χ0) is 25.1. The zero-order valence-corrected chi connectivity index (χ0v) is 21.4. The summed E-state index contributed by atoms with van der Waals surface area (Å²) in [5.74, 6) is 0.336. The summed E-state index contributed by atoms with van der Waals surface area (Å²) in [5.41, 5.74) is 3.27. The van der Waals surface area contributed by atoms with E-state index in [1.807, 2.05) is 35.2 Å². The predicted octanol–water partition coefficient (Wildman–Crippen LogP) is 4.60. The highest BCUT2D eigenvalue weighted by atomic mass is 16.3. The standard InChI is InChI=1S/C30H37N3O3/c1-23(19-24-7-4-3-5-8-24)22-32-15-11-30(35,12-16-32)26-9-10-27-25(20-26)21-28(36-27)29(34)33-14-6-13-31(2)17-18-33/h3-5,7-10,19-21,35H,6,11-18,22H2,1-2H3/b23-19+. The Morgan fingerprint density at radius 1 is 1.00 bits per heavy atom. The van der Waals surface area contributed by atoms with Crippen molar-refractivity contribution >= 4 is 23.0 Å². The van der Waals surface area contributed by atoms with Gasteiger partial charge in [-0.25, -0.2) is 0 Å². The molecule has 0 spiro atoms. The fourth-order valence-corrected chi connectivity index (χ4v) is 5.45. The minimum Gasteiger partial charge on any atom is -0.451 e. The Morgan fingerprint density at radius 3 is 2.56 bits per heavy atom. The fourth-order valence-electron chi connectivity index (χ4n) is 5.45. The molecule has 3 aromatic rings. The summed E-state index contributed by atoms with van der Waals surface area (Å²) in [6.07, 6.45) is 4.57. The van der Waals surface area contributed by atoms with E-state index in [4.69, 9.17) is 4.42 Å². The van der Waals surface area contributed by atoms with Crippen LogP contribution in [0.3, 0.4) is 0 Å². The van der Waals surface area contributed by atoms with Gasteiger partial charge in [-0.2, -0.15) is 0 Å². The van der Waals surface area contributed by atoms with Gasteiger partial charge in [0, 0.05) is 44.7 Å². The van der Waals surface area contributed by atoms with Gasteiger partial charge in [0.25, 0.3) is 5.91 Å². The van der Waals surface area contributed by atoms with Crippen molar-refractivity contribution in [1.82, 2.24) is 14.7 Å². The third-order valence-corrected chi connectivity index (χ3v) is 7.64. The highest BCUT2D eigenvalue weighted by molar-refractivity contribution is 5.96. The van der Waals surface area contributed by atoms with Crippen LogP contribution in [0, 0.1) is 0 Å². The topological polar surface area (TPSA) is 60.2 Å². The van der Waals surface area contributed by atoms with E-state index >= 15 is 0 Å². The molecule has 2 aromatic carbocycles. The van der Waals surface area contributed by atoms with Gasteiger partial charge in [0.05, 0.1) is 5.60 Å². The molecular weight excluding hydrogens is 450 g/mol. The minimum absolute atomic E-state index is 0.0472. The summed E-state index contributed by atoms with van der Waals surface area (Å²) in [6, 6.07) is 18.1. The number of hydrogen-bond donors (Lipinski definition) is 1. The maximum atomic E-state index is 13.1. The molecule has 3 heterocycles. The molecule has 2 aliphatic heterocycles. The van der Waals surface area contributed by atoms with Gasteiger partial charge in [-0.1, -0.05) is 48.0 Å². The molecule has 0 atom stereocenters. The number of carbonyl (C=O) groups is 1. The molecular formula is C30H37N3O3. The number of furan rings is 1. The molecule has 190 valence electrons. The summed E-state index contributed by atoms with van der Waals surface area (Å²) in [6.45, 7) is 8.11. The molecule has 1 amide bonds. The van der Waals surface area contributed by atoms with Crippen LogP contribution >= 0.6 is 0 Å². The number of carbonyl (C=O) groups excluding carboxylic acids is 1. The van der Waals surface area contributed by atoms with Crippen LogP contribution in [-0.2, 0) is 5.60 Å². The summed E-state index contributed by atoms with van der Waals surface area (Å²) in [7, 11) is 2.09. The van der Waals surface area contributed by atoms with E-state index in [2.05, 4.69) is 54.1 Å². The van der Waals surface area contributed by atoms with Crippen molar-refractivity contribution in [2.75, 3.05) is 52.9 Å². The molecule has 2 saturated heterocycles. The van der Waals surface area contributed by atoms with Gasteiger partial charge in [0.1, 0.15) is 5.58 Å². The number of aliphatic hydroxyl groups is 1. The average Bonchev–Trinajstić information content (AvgIpc) is 3.19. The van der Waals surface area contributed by atoms with Crippen LogP contribution in [0.15, 0.2) is 64.6 Å². The van der Waals surface area contributed by atoms with E-state index in [1.54, 1.807) is 0 Å². The molecule has 36 heavy (non-hydrogen) atoms. The number of likely N-dealkylation sites (N-methyl/N-ethyl adjacent to an activating group) is 1. The van der Waals surface area contributed by atoms with Gasteiger partial charge < -0.3 is 19.3 Å². The monoisotopic (exact) mass is 487 g/mol. The number of rotatable bonds is 5. The smallest absolute Gasteiger partial charge is 0.289 e. The Bertz CT molecular complexity index is 1220. The summed E-state index contributed by atoms with van der Waals surface area (Å²) >= 11 is 0. The molecule has 6 heteroatoms. The Morgan fingerprint density at radius 2 is 1.78 bits per heavy atom. The first-order chi connectivity index (χ1) is 17.4. The second-order valence-corrected chi connectivity index (χ2v) is 10.5. The predicted molar refractivity (Wildman–Crippen MR) is 144 cm³/mol. The van der Waals surface area contributed by atoms with Crippen LogP contribution in [0.25, 0.3) is 17.0 Å². The highest BCUT2D eigenvalue weighted by Crippen LogP contribution is 2.35. The second-order valence-electron chi connectivity index (χ2n) is 10.5. The maximum Gasteiger partial charge on any atom is 0.289 e. The molecule has 0 unspecified atom stereocenters. The molecule has 2 fully saturated rings. The molecule has 0 radical (unpaired) electrons. The Hall–Kier alpha value is -2.93. The summed E-state index contributed by atoms with van der Waals surface area (Å²) in [5, 5.41) is 12.4. The molecule has 2 aliphatic rings. The lowest BCUT2D eigenvalue weighted by atomic mass is 9.84. The molecule has 1 aromatic heterocycles. The zero-order valence-electron chi connectivity index (χ0n) is 21.4. The van der Waals surface area contributed by atoms with Gasteiger partial charge in [-0.3, -0.25) is 9.69 Å². The first kappa shape index (κ1) is 24.8. The lowest BCUT2D eigenvalue weighted by Crippen LogP contribution is -2.43. The van der Waals surface area contributed by atoms with Crippen molar-refractivity contribution in [1.29, 1.82) is 0 Å². The Kier molecular flexibility index (Phi) is 7.28. The molecule has 6 nitrogen and oxygen atoms in total. The fraction of sp³-hybridized carbons (Fsp3) is 0.433. The maximum absolute atomic E-state index is 13.1. The highest BCUT2D eigenvalue weighted by Gasteiger charge is 2.34. The summed E-state index contributed by atoms with van der Waals surface area (Å²) in [4.78, 5) is 19.6. The quantitative estimate of drug-likeness (QED) is 0.570. The molecule has 0 saturated carbocycles. The normalized spacial score (nSPS) is 20.0. The van der Waals surface area contributed by atoms with E-state index in [1.165, 1.54) is 11.1 Å². The van der Waals surface area contributed by atoms with Crippen LogP contribution in [0.1, 0.15) is 47.9 Å². The van der Waals surface area contributed by atoms with Crippen molar-refractivity contribution in [2.45, 2.75) is 31.8 Å². The summed E-state index contributed by atoms with van der Waals surface area (Å²) < 4.78 is 5.93. The number of nitrogens with zero attached hydrogens (tertiary/aromatic N) is 3. The first-order valence-corrected chi connectivity index (χ1v) is 13.1. The van der Waals surface area contributed by atoms with Gasteiger partial charge in [0.15, 0.2) is 5.76 Å². The van der Waals surface area contributed by atoms with Crippen LogP contribution in [-0.4, -0.2) is 78.6 Å². The lowest BCUT2D eigenvalue weighted by Gasteiger charge is -2.38. The van der Waals surface area contributed by atoms with Crippen LogP contribution in [0.4, 0.5) is 0 Å². The second kappa shape index (κ2) is 10.6. The van der Waals surface area contributed by atoms with E-state index in [0.29, 0.717) is 30.7 Å². The van der Waals surface area contributed by atoms with E-state index in [0.717, 1.165) is 56.6 Å². The van der Waals surface area contributed by atoms with Crippen molar-refractivity contribution in [3.8, 4) is 0 Å². The molecule has 0 bridgehead atoms. The average molecular weight is 488 g/mol. The molecule has 1 N–H and O–H groups in total. The van der Waals surface area contributed by atoms with Crippen molar-refractivity contribution < 1.29 is 14.3 Å². The van der Waals surface area contributed by atoms with Crippen LogP contribution in [0.5, 0.6) is 0 Å². The van der Waals surface area contributed by atoms with Gasteiger partial charge in [0.2, 0.25) is 0 Å². The number of fused-ring (bicyclic) bond motifs is 1. The minimum atomic E-state index is -0.863. The SMILES string of the molecule is C/C(=C\c1ccccc1)CN1CCC(O)(c2ccc3oc(C(=O)N4CCCN(C)CC4)cc3c2)CC1. The number of amides is 1. The van der Waals surface area contributed by atoms with Crippen LogP contribution < -0.4 is 0 Å². The van der Waals surface area contributed by atoms with Gasteiger partial charge in [-0.05, 0) is 69.1 Å². The third-order valence-electron chi connectivity index (χ3n) is 7.64. The van der Waals surface area contributed by atoms with Crippen LogP contribution in [0.2, 0.25) is 0 Å². The first-order valence-electron chi connectivity index (χ1n) is 13.1.